The molecule has 1 aliphatic rings. The molecular formula is C21H22N4O2. The fourth-order valence-corrected chi connectivity index (χ4v) is 3.60. The average molecular weight is 362 g/mol. The SMILES string of the molecule is C[C@H](c1ccccc1)n1c(NC(=O)[C@H]2CCCC(=O)N2)nc2ccccc21. The molecule has 1 aliphatic heterocycles. The zero-order valence-corrected chi connectivity index (χ0v) is 15.2. The van der Waals surface area contributed by atoms with Gasteiger partial charge in [-0.3, -0.25) is 14.9 Å². The number of benzene rings is 2. The second-order valence-electron chi connectivity index (χ2n) is 6.88. The van der Waals surface area contributed by atoms with Crippen molar-refractivity contribution in [3.8, 4) is 0 Å². The molecule has 0 radical (unpaired) electrons. The van der Waals surface area contributed by atoms with Gasteiger partial charge < -0.3 is 9.88 Å². The maximum Gasteiger partial charge on any atom is 0.249 e. The van der Waals surface area contributed by atoms with Gasteiger partial charge in [0.05, 0.1) is 17.1 Å². The van der Waals surface area contributed by atoms with E-state index in [9.17, 15) is 9.59 Å². The number of carbonyl (C=O) groups excluding carboxylic acids is 2. The summed E-state index contributed by atoms with van der Waals surface area (Å²) in [4.78, 5) is 29.0. The summed E-state index contributed by atoms with van der Waals surface area (Å²) in [6, 6.07) is 17.4. The number of rotatable bonds is 4. The van der Waals surface area contributed by atoms with E-state index in [0.717, 1.165) is 23.0 Å². The minimum absolute atomic E-state index is 0.00477. The molecule has 2 N–H and O–H groups in total. The molecule has 0 saturated carbocycles. The lowest BCUT2D eigenvalue weighted by Gasteiger charge is -2.23. The number of amides is 2. The van der Waals surface area contributed by atoms with E-state index in [4.69, 9.17) is 0 Å². The van der Waals surface area contributed by atoms with Crippen LogP contribution >= 0.6 is 0 Å². The number of nitrogens with one attached hydrogen (secondary N) is 2. The lowest BCUT2D eigenvalue weighted by Crippen LogP contribution is -2.46. The van der Waals surface area contributed by atoms with Crippen LogP contribution in [0, 0.1) is 0 Å². The summed E-state index contributed by atoms with van der Waals surface area (Å²) in [5.74, 6) is 0.199. The van der Waals surface area contributed by atoms with E-state index in [1.54, 1.807) is 0 Å². The topological polar surface area (TPSA) is 76.0 Å². The predicted octanol–water partition coefficient (Wildman–Crippen LogP) is 3.25. The number of imidazole rings is 1. The van der Waals surface area contributed by atoms with Gasteiger partial charge in [0, 0.05) is 6.42 Å². The summed E-state index contributed by atoms with van der Waals surface area (Å²) in [6.45, 7) is 2.08. The molecule has 0 aliphatic carbocycles. The maximum absolute atomic E-state index is 12.7. The van der Waals surface area contributed by atoms with Crippen molar-refractivity contribution in [1.82, 2.24) is 14.9 Å². The highest BCUT2D eigenvalue weighted by molar-refractivity contribution is 5.97. The zero-order valence-electron chi connectivity index (χ0n) is 15.2. The summed E-state index contributed by atoms with van der Waals surface area (Å²) in [6.07, 6.45) is 1.85. The van der Waals surface area contributed by atoms with Crippen LogP contribution in [-0.2, 0) is 9.59 Å². The molecular weight excluding hydrogens is 340 g/mol. The molecule has 27 heavy (non-hydrogen) atoms. The number of anilines is 1. The lowest BCUT2D eigenvalue weighted by molar-refractivity contribution is -0.128. The van der Waals surface area contributed by atoms with Crippen LogP contribution in [0.5, 0.6) is 0 Å². The molecule has 3 aromatic rings. The number of hydrogen-bond donors (Lipinski definition) is 2. The maximum atomic E-state index is 12.7. The Bertz CT molecular complexity index is 980. The molecule has 2 amide bonds. The van der Waals surface area contributed by atoms with E-state index < -0.39 is 6.04 Å². The lowest BCUT2D eigenvalue weighted by atomic mass is 10.0. The number of piperidine rings is 1. The molecule has 4 rings (SSSR count). The molecule has 2 aromatic carbocycles. The Morgan fingerprint density at radius 3 is 2.70 bits per heavy atom. The average Bonchev–Trinajstić information content (AvgIpc) is 3.06. The number of aromatic nitrogens is 2. The molecule has 6 heteroatoms. The Morgan fingerprint density at radius 2 is 1.93 bits per heavy atom. The van der Waals surface area contributed by atoms with Gasteiger partial charge in [0.1, 0.15) is 6.04 Å². The van der Waals surface area contributed by atoms with Gasteiger partial charge in [0.15, 0.2) is 0 Å². The van der Waals surface area contributed by atoms with E-state index in [-0.39, 0.29) is 17.9 Å². The van der Waals surface area contributed by atoms with Crippen LogP contribution in [0.25, 0.3) is 11.0 Å². The van der Waals surface area contributed by atoms with Crippen LogP contribution in [0.1, 0.15) is 37.8 Å². The van der Waals surface area contributed by atoms with Crippen LogP contribution in [0.2, 0.25) is 0 Å². The zero-order chi connectivity index (χ0) is 18.8. The third-order valence-corrected chi connectivity index (χ3v) is 5.05. The molecule has 138 valence electrons. The number of carbonyl (C=O) groups is 2. The van der Waals surface area contributed by atoms with E-state index in [1.165, 1.54) is 0 Å². The van der Waals surface area contributed by atoms with Crippen molar-refractivity contribution in [2.45, 2.75) is 38.3 Å². The van der Waals surface area contributed by atoms with Crippen molar-refractivity contribution >= 4 is 28.8 Å². The van der Waals surface area contributed by atoms with E-state index in [1.807, 2.05) is 47.0 Å². The van der Waals surface area contributed by atoms with Gasteiger partial charge in [0.2, 0.25) is 17.8 Å². The first-order valence-electron chi connectivity index (χ1n) is 9.25. The van der Waals surface area contributed by atoms with Crippen molar-refractivity contribution < 1.29 is 9.59 Å². The molecule has 2 atom stereocenters. The molecule has 1 fully saturated rings. The number of hydrogen-bond acceptors (Lipinski definition) is 3. The normalized spacial score (nSPS) is 18.1. The third kappa shape index (κ3) is 3.43. The minimum Gasteiger partial charge on any atom is -0.344 e. The van der Waals surface area contributed by atoms with Crippen molar-refractivity contribution in [3.05, 3.63) is 60.2 Å². The largest absolute Gasteiger partial charge is 0.344 e. The van der Waals surface area contributed by atoms with Crippen molar-refractivity contribution in [2.24, 2.45) is 0 Å². The number of fused-ring (bicyclic) bond motifs is 1. The molecule has 1 aromatic heterocycles. The smallest absolute Gasteiger partial charge is 0.249 e. The molecule has 0 bridgehead atoms. The van der Waals surface area contributed by atoms with E-state index in [0.29, 0.717) is 18.8 Å². The molecule has 2 heterocycles. The monoisotopic (exact) mass is 362 g/mol. The predicted molar refractivity (Wildman–Crippen MR) is 104 cm³/mol. The van der Waals surface area contributed by atoms with Gasteiger partial charge in [-0.05, 0) is 37.5 Å². The quantitative estimate of drug-likeness (QED) is 0.748. The Kier molecular flexibility index (Phi) is 4.62. The Balaban J connectivity index is 1.70. The fraction of sp³-hybridized carbons (Fsp3) is 0.286. The standard InChI is InChI=1S/C21H22N4O2/c1-14(15-8-3-2-4-9-15)25-18-12-6-5-10-16(18)23-21(25)24-20(27)17-11-7-13-19(26)22-17/h2-6,8-10,12,14,17H,7,11,13H2,1H3,(H,22,26)(H,23,24,27)/t14-,17-/m1/s1. The van der Waals surface area contributed by atoms with E-state index in [2.05, 4.69) is 34.7 Å². The summed E-state index contributed by atoms with van der Waals surface area (Å²) < 4.78 is 2.03. The third-order valence-electron chi connectivity index (χ3n) is 5.05. The minimum atomic E-state index is -0.508. The summed E-state index contributed by atoms with van der Waals surface area (Å²) >= 11 is 0. The van der Waals surface area contributed by atoms with Gasteiger partial charge in [0.25, 0.3) is 0 Å². The second-order valence-corrected chi connectivity index (χ2v) is 6.88. The molecule has 0 unspecified atom stereocenters. The van der Waals surface area contributed by atoms with Gasteiger partial charge in [-0.15, -0.1) is 0 Å². The van der Waals surface area contributed by atoms with Crippen LogP contribution < -0.4 is 10.6 Å². The first-order chi connectivity index (χ1) is 13.1. The highest BCUT2D eigenvalue weighted by atomic mass is 16.2. The van der Waals surface area contributed by atoms with E-state index >= 15 is 0 Å². The van der Waals surface area contributed by atoms with Gasteiger partial charge in [-0.2, -0.15) is 0 Å². The first kappa shape index (κ1) is 17.3. The number of para-hydroxylation sites is 2. The van der Waals surface area contributed by atoms with Gasteiger partial charge in [-0.25, -0.2) is 4.98 Å². The number of nitrogens with zero attached hydrogens (tertiary/aromatic N) is 2. The summed E-state index contributed by atoms with van der Waals surface area (Å²) in [5.41, 5.74) is 2.90. The van der Waals surface area contributed by atoms with Crippen molar-refractivity contribution in [2.75, 3.05) is 5.32 Å². The Labute approximate surface area is 157 Å². The van der Waals surface area contributed by atoms with Crippen LogP contribution in [0.4, 0.5) is 5.95 Å². The molecule has 0 spiro atoms. The van der Waals surface area contributed by atoms with Gasteiger partial charge >= 0.3 is 0 Å². The van der Waals surface area contributed by atoms with Crippen LogP contribution in [-0.4, -0.2) is 27.4 Å². The van der Waals surface area contributed by atoms with Crippen LogP contribution in [0.15, 0.2) is 54.6 Å². The Hall–Kier alpha value is -3.15. The van der Waals surface area contributed by atoms with Gasteiger partial charge in [-0.1, -0.05) is 42.5 Å². The van der Waals surface area contributed by atoms with Crippen molar-refractivity contribution in [1.29, 1.82) is 0 Å². The summed E-state index contributed by atoms with van der Waals surface area (Å²) in [7, 11) is 0. The molecule has 1 saturated heterocycles. The highest BCUT2D eigenvalue weighted by Crippen LogP contribution is 2.28. The summed E-state index contributed by atoms with van der Waals surface area (Å²) in [5, 5.41) is 5.70. The molecule has 6 nitrogen and oxygen atoms in total. The van der Waals surface area contributed by atoms with Crippen LogP contribution in [0.3, 0.4) is 0 Å². The second kappa shape index (κ2) is 7.23. The first-order valence-corrected chi connectivity index (χ1v) is 9.25. The van der Waals surface area contributed by atoms with Crippen molar-refractivity contribution in [3.63, 3.8) is 0 Å². The highest BCUT2D eigenvalue weighted by Gasteiger charge is 2.27. The fourth-order valence-electron chi connectivity index (χ4n) is 3.60. The Morgan fingerprint density at radius 1 is 1.19 bits per heavy atom.